The van der Waals surface area contributed by atoms with Crippen LogP contribution in [0.4, 0.5) is 0 Å². The average Bonchev–Trinajstić information content (AvgIpc) is 2.35. The number of rotatable bonds is 5. The molecule has 1 heterocycles. The molecule has 1 aromatic heterocycles. The van der Waals surface area contributed by atoms with E-state index in [1.165, 1.54) is 0 Å². The lowest BCUT2D eigenvalue weighted by molar-refractivity contribution is 0.0935. The van der Waals surface area contributed by atoms with Crippen molar-refractivity contribution in [1.82, 2.24) is 10.3 Å². The Kier molecular flexibility index (Phi) is 5.36. The molecule has 1 aromatic rings. The predicted molar refractivity (Wildman–Crippen MR) is 79.7 cm³/mol. The lowest BCUT2D eigenvalue weighted by Gasteiger charge is -2.22. The highest BCUT2D eigenvalue weighted by atomic mass is 35.5. The van der Waals surface area contributed by atoms with Gasteiger partial charge in [0.1, 0.15) is 5.15 Å². The highest BCUT2D eigenvalue weighted by Gasteiger charge is 2.17. The standard InChI is InChI=1S/C15H23ClN2O/c1-6-15(4,5)9-17-14(19)11-7-12(10(2)3)18-13(16)8-11/h7-8,10H,6,9H2,1-5H3,(H,17,19). The quantitative estimate of drug-likeness (QED) is 0.829. The van der Waals surface area contributed by atoms with E-state index in [-0.39, 0.29) is 17.2 Å². The van der Waals surface area contributed by atoms with Crippen molar-refractivity contribution in [1.29, 1.82) is 0 Å². The van der Waals surface area contributed by atoms with Gasteiger partial charge in [0.2, 0.25) is 0 Å². The molecule has 0 atom stereocenters. The molecule has 0 aliphatic carbocycles. The van der Waals surface area contributed by atoms with Gasteiger partial charge in [0.25, 0.3) is 5.91 Å². The summed E-state index contributed by atoms with van der Waals surface area (Å²) in [7, 11) is 0. The Balaban J connectivity index is 2.83. The van der Waals surface area contributed by atoms with Crippen LogP contribution in [0, 0.1) is 5.41 Å². The van der Waals surface area contributed by atoms with Gasteiger partial charge in [0.15, 0.2) is 0 Å². The van der Waals surface area contributed by atoms with Gasteiger partial charge in [0, 0.05) is 17.8 Å². The maximum Gasteiger partial charge on any atom is 0.251 e. The molecule has 1 amide bonds. The number of hydrogen-bond acceptors (Lipinski definition) is 2. The van der Waals surface area contributed by atoms with E-state index in [2.05, 4.69) is 31.1 Å². The van der Waals surface area contributed by atoms with Crippen molar-refractivity contribution >= 4 is 17.5 Å². The first-order chi connectivity index (χ1) is 8.75. The molecule has 4 heteroatoms. The van der Waals surface area contributed by atoms with Gasteiger partial charge in [-0.15, -0.1) is 0 Å². The third kappa shape index (κ3) is 4.83. The molecule has 19 heavy (non-hydrogen) atoms. The van der Waals surface area contributed by atoms with Gasteiger partial charge >= 0.3 is 0 Å². The number of pyridine rings is 1. The van der Waals surface area contributed by atoms with Crippen LogP contribution in [0.25, 0.3) is 0 Å². The molecular weight excluding hydrogens is 260 g/mol. The number of aromatic nitrogens is 1. The minimum absolute atomic E-state index is 0.0901. The molecule has 0 fully saturated rings. The number of amides is 1. The number of hydrogen-bond donors (Lipinski definition) is 1. The van der Waals surface area contributed by atoms with Crippen molar-refractivity contribution in [2.24, 2.45) is 5.41 Å². The smallest absolute Gasteiger partial charge is 0.251 e. The van der Waals surface area contributed by atoms with Crippen LogP contribution in [0.2, 0.25) is 5.15 Å². The fourth-order valence-electron chi connectivity index (χ4n) is 1.49. The molecule has 0 radical (unpaired) electrons. The van der Waals surface area contributed by atoms with Crippen LogP contribution in [-0.2, 0) is 0 Å². The van der Waals surface area contributed by atoms with Gasteiger partial charge in [0.05, 0.1) is 0 Å². The topological polar surface area (TPSA) is 42.0 Å². The summed E-state index contributed by atoms with van der Waals surface area (Å²) in [6, 6.07) is 3.42. The summed E-state index contributed by atoms with van der Waals surface area (Å²) >= 11 is 5.96. The number of nitrogens with one attached hydrogen (secondary N) is 1. The average molecular weight is 283 g/mol. The predicted octanol–water partition coefficient (Wildman–Crippen LogP) is 4.02. The van der Waals surface area contributed by atoms with Gasteiger partial charge in [-0.3, -0.25) is 4.79 Å². The van der Waals surface area contributed by atoms with Crippen molar-refractivity contribution < 1.29 is 4.79 Å². The van der Waals surface area contributed by atoms with Gasteiger partial charge in [-0.2, -0.15) is 0 Å². The lowest BCUT2D eigenvalue weighted by Crippen LogP contribution is -2.33. The molecule has 0 saturated heterocycles. The van der Waals surface area contributed by atoms with Crippen molar-refractivity contribution in [3.8, 4) is 0 Å². The van der Waals surface area contributed by atoms with Crippen LogP contribution >= 0.6 is 11.6 Å². The highest BCUT2D eigenvalue weighted by molar-refractivity contribution is 6.29. The van der Waals surface area contributed by atoms with Crippen LogP contribution < -0.4 is 5.32 Å². The second kappa shape index (κ2) is 6.38. The molecule has 0 bridgehead atoms. The summed E-state index contributed by atoms with van der Waals surface area (Å²) < 4.78 is 0. The Hall–Kier alpha value is -1.09. The molecule has 1 rings (SSSR count). The molecular formula is C15H23ClN2O. The zero-order chi connectivity index (χ0) is 14.6. The normalized spacial score (nSPS) is 11.7. The van der Waals surface area contributed by atoms with Crippen LogP contribution in [0.15, 0.2) is 12.1 Å². The zero-order valence-corrected chi connectivity index (χ0v) is 13.1. The maximum absolute atomic E-state index is 12.1. The Morgan fingerprint density at radius 2 is 2.05 bits per heavy atom. The number of nitrogens with zero attached hydrogens (tertiary/aromatic N) is 1. The van der Waals surface area contributed by atoms with Gasteiger partial charge in [-0.25, -0.2) is 4.98 Å². The van der Waals surface area contributed by atoms with Crippen molar-refractivity contribution in [3.63, 3.8) is 0 Å². The SMILES string of the molecule is CCC(C)(C)CNC(=O)c1cc(Cl)nc(C(C)C)c1. The van der Waals surface area contributed by atoms with Crippen LogP contribution in [0.1, 0.15) is 63.0 Å². The fourth-order valence-corrected chi connectivity index (χ4v) is 1.71. The highest BCUT2D eigenvalue weighted by Crippen LogP contribution is 2.20. The molecule has 3 nitrogen and oxygen atoms in total. The molecule has 0 spiro atoms. The Morgan fingerprint density at radius 3 is 2.58 bits per heavy atom. The van der Waals surface area contributed by atoms with Crippen LogP contribution in [0.3, 0.4) is 0 Å². The van der Waals surface area contributed by atoms with Gasteiger partial charge in [-0.1, -0.05) is 46.2 Å². The van der Waals surface area contributed by atoms with Gasteiger partial charge < -0.3 is 5.32 Å². The zero-order valence-electron chi connectivity index (χ0n) is 12.4. The lowest BCUT2D eigenvalue weighted by atomic mass is 9.90. The number of carbonyl (C=O) groups is 1. The summed E-state index contributed by atoms with van der Waals surface area (Å²) in [6.07, 6.45) is 1.02. The van der Waals surface area contributed by atoms with E-state index in [4.69, 9.17) is 11.6 Å². The van der Waals surface area contributed by atoms with Crippen LogP contribution in [-0.4, -0.2) is 17.4 Å². The Morgan fingerprint density at radius 1 is 1.42 bits per heavy atom. The summed E-state index contributed by atoms with van der Waals surface area (Å²) in [5, 5.41) is 3.32. The maximum atomic E-state index is 12.1. The van der Waals surface area contributed by atoms with Gasteiger partial charge in [-0.05, 0) is 29.9 Å². The summed E-state index contributed by atoms with van der Waals surface area (Å²) in [6.45, 7) is 11.1. The molecule has 106 valence electrons. The first-order valence-electron chi connectivity index (χ1n) is 6.71. The minimum Gasteiger partial charge on any atom is -0.352 e. The summed E-state index contributed by atoms with van der Waals surface area (Å²) in [5.41, 5.74) is 1.52. The first kappa shape index (κ1) is 16.0. The van der Waals surface area contributed by atoms with E-state index in [9.17, 15) is 4.79 Å². The van der Waals surface area contributed by atoms with Crippen molar-refractivity contribution in [2.45, 2.75) is 47.0 Å². The molecule has 1 N–H and O–H groups in total. The Bertz CT molecular complexity index is 455. The van der Waals surface area contributed by atoms with E-state index in [0.29, 0.717) is 17.3 Å². The van der Waals surface area contributed by atoms with E-state index in [1.807, 2.05) is 19.9 Å². The van der Waals surface area contributed by atoms with Crippen molar-refractivity contribution in [3.05, 3.63) is 28.5 Å². The monoisotopic (exact) mass is 282 g/mol. The fraction of sp³-hybridized carbons (Fsp3) is 0.600. The molecule has 0 saturated carbocycles. The van der Waals surface area contributed by atoms with E-state index >= 15 is 0 Å². The third-order valence-electron chi connectivity index (χ3n) is 3.35. The van der Waals surface area contributed by atoms with Crippen molar-refractivity contribution in [2.75, 3.05) is 6.54 Å². The summed E-state index contributed by atoms with van der Waals surface area (Å²) in [4.78, 5) is 16.4. The van der Waals surface area contributed by atoms with E-state index in [0.717, 1.165) is 12.1 Å². The largest absolute Gasteiger partial charge is 0.352 e. The molecule has 0 aliphatic rings. The summed E-state index contributed by atoms with van der Waals surface area (Å²) in [5.74, 6) is 0.157. The second-order valence-corrected chi connectivity index (χ2v) is 6.35. The molecule has 0 aromatic carbocycles. The first-order valence-corrected chi connectivity index (χ1v) is 7.08. The van der Waals surface area contributed by atoms with E-state index < -0.39 is 0 Å². The molecule has 0 unspecified atom stereocenters. The minimum atomic E-state index is -0.0901. The van der Waals surface area contributed by atoms with E-state index in [1.54, 1.807) is 6.07 Å². The second-order valence-electron chi connectivity index (χ2n) is 5.96. The number of carbonyl (C=O) groups excluding carboxylic acids is 1. The number of halogens is 1. The third-order valence-corrected chi connectivity index (χ3v) is 3.55. The molecule has 0 aliphatic heterocycles. The Labute approximate surface area is 120 Å². The van der Waals surface area contributed by atoms with Crippen LogP contribution in [0.5, 0.6) is 0 Å².